The van der Waals surface area contributed by atoms with Gasteiger partial charge in [0, 0.05) is 11.5 Å². The molecule has 3 nitrogen and oxygen atoms in total. The second kappa shape index (κ2) is 6.12. The molecular weight excluding hydrogens is 210 g/mol. The standard InChI is InChI=1S/C14H17N3/c15-17-16-11-5-9-13-8-4-10-14(13)12-6-2-1-3-7-12/h1-3,6-7,10,13H,4-5,8-9,11H2. The monoisotopic (exact) mass is 227 g/mol. The second-order valence-electron chi connectivity index (χ2n) is 4.40. The van der Waals surface area contributed by atoms with Gasteiger partial charge in [0.15, 0.2) is 0 Å². The number of azide groups is 1. The molecule has 1 aromatic rings. The summed E-state index contributed by atoms with van der Waals surface area (Å²) in [5.74, 6) is 0.645. The average molecular weight is 227 g/mol. The van der Waals surface area contributed by atoms with E-state index in [-0.39, 0.29) is 0 Å². The predicted octanol–water partition coefficient (Wildman–Crippen LogP) is 4.57. The van der Waals surface area contributed by atoms with Crippen LogP contribution in [0.3, 0.4) is 0 Å². The molecule has 1 aliphatic rings. The fraction of sp³-hybridized carbons (Fsp3) is 0.429. The number of nitrogens with zero attached hydrogens (tertiary/aromatic N) is 3. The summed E-state index contributed by atoms with van der Waals surface area (Å²) in [6, 6.07) is 10.6. The molecule has 1 aliphatic carbocycles. The first kappa shape index (κ1) is 11.7. The highest BCUT2D eigenvalue weighted by molar-refractivity contribution is 5.69. The van der Waals surface area contributed by atoms with Crippen LogP contribution in [0.1, 0.15) is 31.2 Å². The van der Waals surface area contributed by atoms with Crippen molar-refractivity contribution in [3.8, 4) is 0 Å². The van der Waals surface area contributed by atoms with Crippen molar-refractivity contribution in [1.29, 1.82) is 0 Å². The van der Waals surface area contributed by atoms with Gasteiger partial charge < -0.3 is 0 Å². The molecule has 0 radical (unpaired) electrons. The Labute approximate surface area is 102 Å². The maximum atomic E-state index is 8.24. The van der Waals surface area contributed by atoms with Crippen LogP contribution in [0.4, 0.5) is 0 Å². The van der Waals surface area contributed by atoms with E-state index in [4.69, 9.17) is 5.53 Å². The van der Waals surface area contributed by atoms with Crippen LogP contribution in [0.25, 0.3) is 16.0 Å². The summed E-state index contributed by atoms with van der Waals surface area (Å²) < 4.78 is 0. The minimum absolute atomic E-state index is 0.620. The van der Waals surface area contributed by atoms with Crippen LogP contribution in [-0.4, -0.2) is 6.54 Å². The summed E-state index contributed by atoms with van der Waals surface area (Å²) in [5.41, 5.74) is 11.1. The summed E-state index contributed by atoms with van der Waals surface area (Å²) in [6.07, 6.45) is 6.88. The molecule has 1 unspecified atom stereocenters. The molecule has 3 heteroatoms. The van der Waals surface area contributed by atoms with Crippen LogP contribution in [0, 0.1) is 5.92 Å². The quantitative estimate of drug-likeness (QED) is 0.306. The Morgan fingerprint density at radius 1 is 1.29 bits per heavy atom. The van der Waals surface area contributed by atoms with Crippen LogP contribution in [0.5, 0.6) is 0 Å². The van der Waals surface area contributed by atoms with E-state index in [0.717, 1.165) is 12.8 Å². The van der Waals surface area contributed by atoms with Gasteiger partial charge in [-0.25, -0.2) is 0 Å². The van der Waals surface area contributed by atoms with Crippen molar-refractivity contribution in [2.45, 2.75) is 25.7 Å². The van der Waals surface area contributed by atoms with Crippen LogP contribution in [-0.2, 0) is 0 Å². The predicted molar refractivity (Wildman–Crippen MR) is 70.4 cm³/mol. The van der Waals surface area contributed by atoms with Gasteiger partial charge in [0.1, 0.15) is 0 Å². The van der Waals surface area contributed by atoms with Gasteiger partial charge in [-0.15, -0.1) is 0 Å². The first-order valence-corrected chi connectivity index (χ1v) is 6.18. The SMILES string of the molecule is [N-]=[N+]=NCCCC1CCC=C1c1ccccc1. The van der Waals surface area contributed by atoms with Crippen LogP contribution >= 0.6 is 0 Å². The number of benzene rings is 1. The van der Waals surface area contributed by atoms with Crippen molar-refractivity contribution in [3.63, 3.8) is 0 Å². The molecule has 2 rings (SSSR count). The summed E-state index contributed by atoms with van der Waals surface area (Å²) in [6.45, 7) is 0.620. The van der Waals surface area contributed by atoms with Gasteiger partial charge in [-0.05, 0) is 48.3 Å². The van der Waals surface area contributed by atoms with E-state index >= 15 is 0 Å². The van der Waals surface area contributed by atoms with E-state index in [1.165, 1.54) is 24.0 Å². The van der Waals surface area contributed by atoms with Gasteiger partial charge in [-0.2, -0.15) is 0 Å². The molecule has 0 fully saturated rings. The van der Waals surface area contributed by atoms with E-state index in [2.05, 4.69) is 46.4 Å². The molecule has 0 heterocycles. The van der Waals surface area contributed by atoms with Gasteiger partial charge in [0.05, 0.1) is 0 Å². The zero-order valence-corrected chi connectivity index (χ0v) is 9.92. The lowest BCUT2D eigenvalue weighted by atomic mass is 9.91. The summed E-state index contributed by atoms with van der Waals surface area (Å²) in [4.78, 5) is 2.79. The fourth-order valence-electron chi connectivity index (χ4n) is 2.50. The number of rotatable bonds is 5. The topological polar surface area (TPSA) is 48.8 Å². The second-order valence-corrected chi connectivity index (χ2v) is 4.40. The molecule has 1 atom stereocenters. The van der Waals surface area contributed by atoms with E-state index in [0.29, 0.717) is 12.5 Å². The Morgan fingerprint density at radius 3 is 2.88 bits per heavy atom. The van der Waals surface area contributed by atoms with Gasteiger partial charge in [0.25, 0.3) is 0 Å². The van der Waals surface area contributed by atoms with E-state index in [1.807, 2.05) is 0 Å². The summed E-state index contributed by atoms with van der Waals surface area (Å²) >= 11 is 0. The molecule has 0 spiro atoms. The molecule has 0 aromatic heterocycles. The summed E-state index contributed by atoms with van der Waals surface area (Å²) in [7, 11) is 0. The number of hydrogen-bond donors (Lipinski definition) is 0. The van der Waals surface area contributed by atoms with Crippen molar-refractivity contribution in [2.75, 3.05) is 6.54 Å². The minimum atomic E-state index is 0.620. The molecule has 17 heavy (non-hydrogen) atoms. The highest BCUT2D eigenvalue weighted by Gasteiger charge is 2.19. The van der Waals surface area contributed by atoms with Crippen molar-refractivity contribution in [1.82, 2.24) is 0 Å². The highest BCUT2D eigenvalue weighted by atomic mass is 15.1. The van der Waals surface area contributed by atoms with E-state index in [1.54, 1.807) is 0 Å². The minimum Gasteiger partial charge on any atom is -0.0940 e. The zero-order chi connectivity index (χ0) is 11.9. The Balaban J connectivity index is 1.95. The van der Waals surface area contributed by atoms with Crippen LogP contribution < -0.4 is 0 Å². The maximum absolute atomic E-state index is 8.24. The van der Waals surface area contributed by atoms with Gasteiger partial charge >= 0.3 is 0 Å². The van der Waals surface area contributed by atoms with Gasteiger partial charge in [-0.3, -0.25) is 0 Å². The van der Waals surface area contributed by atoms with Gasteiger partial charge in [0.2, 0.25) is 0 Å². The van der Waals surface area contributed by atoms with Crippen molar-refractivity contribution in [2.24, 2.45) is 11.0 Å². The average Bonchev–Trinajstić information content (AvgIpc) is 2.84. The van der Waals surface area contributed by atoms with Gasteiger partial charge in [-0.1, -0.05) is 41.5 Å². The molecule has 1 aromatic carbocycles. The maximum Gasteiger partial charge on any atom is 0.0258 e. The smallest absolute Gasteiger partial charge is 0.0258 e. The van der Waals surface area contributed by atoms with Crippen molar-refractivity contribution in [3.05, 3.63) is 52.4 Å². The molecule has 0 N–H and O–H groups in total. The largest absolute Gasteiger partial charge is 0.0940 e. The number of hydrogen-bond acceptors (Lipinski definition) is 1. The third-order valence-corrected chi connectivity index (χ3v) is 3.30. The normalized spacial score (nSPS) is 18.6. The molecule has 0 saturated heterocycles. The van der Waals surface area contributed by atoms with E-state index < -0.39 is 0 Å². The molecule has 0 amide bonds. The van der Waals surface area contributed by atoms with Crippen molar-refractivity contribution >= 4 is 5.57 Å². The molecule has 0 saturated carbocycles. The molecule has 88 valence electrons. The third-order valence-electron chi connectivity index (χ3n) is 3.30. The molecule has 0 aliphatic heterocycles. The Hall–Kier alpha value is -1.73. The van der Waals surface area contributed by atoms with E-state index in [9.17, 15) is 0 Å². The Kier molecular flexibility index (Phi) is 4.23. The first-order valence-electron chi connectivity index (χ1n) is 6.18. The van der Waals surface area contributed by atoms with Crippen molar-refractivity contribution < 1.29 is 0 Å². The van der Waals surface area contributed by atoms with Crippen LogP contribution in [0.15, 0.2) is 41.5 Å². The van der Waals surface area contributed by atoms with Crippen LogP contribution in [0.2, 0.25) is 0 Å². The first-order chi connectivity index (χ1) is 8.42. The zero-order valence-electron chi connectivity index (χ0n) is 9.92. The molecule has 0 bridgehead atoms. The molecular formula is C14H17N3. The Morgan fingerprint density at radius 2 is 2.12 bits per heavy atom. The Bertz CT molecular complexity index is 430. The lowest BCUT2D eigenvalue weighted by molar-refractivity contribution is 0.566. The number of allylic oxidation sites excluding steroid dienone is 2. The third kappa shape index (κ3) is 3.11. The highest BCUT2D eigenvalue weighted by Crippen LogP contribution is 2.36. The summed E-state index contributed by atoms with van der Waals surface area (Å²) in [5, 5.41) is 3.59. The lowest BCUT2D eigenvalue weighted by Gasteiger charge is -2.14. The fourth-order valence-corrected chi connectivity index (χ4v) is 2.50. The lowest BCUT2D eigenvalue weighted by Crippen LogP contribution is -1.99.